The molecule has 0 saturated carbocycles. The third-order valence-electron chi connectivity index (χ3n) is 7.19. The number of carbonyl (C=O) groups excluding carboxylic acids is 1. The summed E-state index contributed by atoms with van der Waals surface area (Å²) < 4.78 is 27.9. The van der Waals surface area contributed by atoms with Gasteiger partial charge in [-0.2, -0.15) is 0 Å². The Balaban J connectivity index is 1.63. The lowest BCUT2D eigenvalue weighted by atomic mass is 9.65. The number of nitrogens with one attached hydrogen (secondary N) is 1. The van der Waals surface area contributed by atoms with Gasteiger partial charge in [0, 0.05) is 17.9 Å². The molecule has 1 aliphatic carbocycles. The van der Waals surface area contributed by atoms with E-state index in [2.05, 4.69) is 24.3 Å². The van der Waals surface area contributed by atoms with E-state index in [1.54, 1.807) is 12.1 Å². The fraction of sp³-hybridized carbons (Fsp3) is 0.500. The molecule has 1 fully saturated rings. The summed E-state index contributed by atoms with van der Waals surface area (Å²) in [5.41, 5.74) is 2.83. The van der Waals surface area contributed by atoms with Crippen LogP contribution in [0.3, 0.4) is 0 Å². The number of phenols is 1. The highest BCUT2D eigenvalue weighted by Gasteiger charge is 2.52. The maximum Gasteiger partial charge on any atom is 0.310 e. The van der Waals surface area contributed by atoms with Crippen molar-refractivity contribution in [3.63, 3.8) is 0 Å². The molecule has 2 N–H and O–H groups in total. The van der Waals surface area contributed by atoms with Crippen LogP contribution < -0.4 is 24.3 Å². The number of ether oxygens (including phenoxy) is 5. The summed E-state index contributed by atoms with van der Waals surface area (Å²) in [6.07, 6.45) is 0.978. The smallest absolute Gasteiger partial charge is 0.310 e. The Morgan fingerprint density at radius 1 is 1.03 bits per heavy atom. The van der Waals surface area contributed by atoms with Gasteiger partial charge < -0.3 is 39.0 Å². The van der Waals surface area contributed by atoms with Crippen LogP contribution in [0, 0.1) is 11.8 Å². The molecule has 9 heteroatoms. The van der Waals surface area contributed by atoms with E-state index in [-0.39, 0.29) is 47.9 Å². The van der Waals surface area contributed by atoms with Crippen LogP contribution in [0.5, 0.6) is 28.7 Å². The average Bonchev–Trinajstić information content (AvgIpc) is 3.46. The van der Waals surface area contributed by atoms with Crippen LogP contribution in [-0.2, 0) is 9.53 Å². The molecular formula is C26H32N2O7. The summed E-state index contributed by atoms with van der Waals surface area (Å²) in [7, 11) is 7.10. The van der Waals surface area contributed by atoms with Gasteiger partial charge in [0.2, 0.25) is 12.5 Å². The van der Waals surface area contributed by atoms with E-state index in [9.17, 15) is 9.90 Å². The van der Waals surface area contributed by atoms with Gasteiger partial charge in [-0.3, -0.25) is 4.79 Å². The normalized spacial score (nSPS) is 24.2. The third kappa shape index (κ3) is 4.12. The Morgan fingerprint density at radius 2 is 1.69 bits per heavy atom. The lowest BCUT2D eigenvalue weighted by Gasteiger charge is -2.39. The topological polar surface area (TPSA) is 98.7 Å². The number of carbonyl (C=O) groups is 1. The van der Waals surface area contributed by atoms with E-state index in [1.165, 1.54) is 14.2 Å². The second-order valence-electron chi connectivity index (χ2n) is 9.49. The predicted octanol–water partition coefficient (Wildman–Crippen LogP) is 2.66. The largest absolute Gasteiger partial charge is 0.502 e. The van der Waals surface area contributed by atoms with Crippen LogP contribution in [0.1, 0.15) is 35.1 Å². The van der Waals surface area contributed by atoms with Gasteiger partial charge in [-0.05, 0) is 74.6 Å². The number of esters is 1. The molecule has 0 bridgehead atoms. The van der Waals surface area contributed by atoms with Gasteiger partial charge >= 0.3 is 5.97 Å². The molecule has 3 aliphatic rings. The maximum absolute atomic E-state index is 13.2. The Morgan fingerprint density at radius 3 is 2.31 bits per heavy atom. The molecule has 5 rings (SSSR count). The quantitative estimate of drug-likeness (QED) is 0.433. The number of fused-ring (bicyclic) bond motifs is 3. The summed E-state index contributed by atoms with van der Waals surface area (Å²) in [6.45, 7) is 2.28. The van der Waals surface area contributed by atoms with Crippen molar-refractivity contribution >= 4 is 5.97 Å². The summed E-state index contributed by atoms with van der Waals surface area (Å²) in [5, 5.41) is 14.2. The van der Waals surface area contributed by atoms with E-state index in [1.807, 2.05) is 12.1 Å². The van der Waals surface area contributed by atoms with Crippen LogP contribution in [0.25, 0.3) is 0 Å². The van der Waals surface area contributed by atoms with Gasteiger partial charge in [0.05, 0.1) is 26.7 Å². The van der Waals surface area contributed by atoms with Gasteiger partial charge in [-0.25, -0.2) is 0 Å². The predicted molar refractivity (Wildman–Crippen MR) is 127 cm³/mol. The minimum atomic E-state index is -0.409. The second-order valence-corrected chi connectivity index (χ2v) is 9.49. The lowest BCUT2D eigenvalue weighted by molar-refractivity contribution is -0.141. The molecule has 2 aliphatic heterocycles. The van der Waals surface area contributed by atoms with E-state index >= 15 is 0 Å². The van der Waals surface area contributed by atoms with E-state index < -0.39 is 5.92 Å². The molecule has 188 valence electrons. The highest BCUT2D eigenvalue weighted by Crippen LogP contribution is 2.55. The monoisotopic (exact) mass is 484 g/mol. The van der Waals surface area contributed by atoms with Gasteiger partial charge in [0.15, 0.2) is 23.0 Å². The average molecular weight is 485 g/mol. The second kappa shape index (κ2) is 9.47. The van der Waals surface area contributed by atoms with Crippen LogP contribution >= 0.6 is 0 Å². The first-order chi connectivity index (χ1) is 16.9. The Hall–Kier alpha value is -3.17. The van der Waals surface area contributed by atoms with Crippen molar-refractivity contribution in [2.75, 3.05) is 54.8 Å². The minimum Gasteiger partial charge on any atom is -0.502 e. The first-order valence-corrected chi connectivity index (χ1v) is 11.9. The SMILES string of the molecule is COc1cc(C2c3cc4c(cc3[C@@H](NCCCN(C)C)[C@H]3COC(=O)C23)OCO4)cc(OC)c1O. The van der Waals surface area contributed by atoms with Crippen LogP contribution in [0.15, 0.2) is 24.3 Å². The first-order valence-electron chi connectivity index (χ1n) is 11.9. The maximum atomic E-state index is 13.2. The van der Waals surface area contributed by atoms with Crippen LogP contribution in [0.4, 0.5) is 0 Å². The minimum absolute atomic E-state index is 0.0643. The van der Waals surface area contributed by atoms with Crippen molar-refractivity contribution in [1.82, 2.24) is 10.2 Å². The van der Waals surface area contributed by atoms with Crippen molar-refractivity contribution in [2.24, 2.45) is 11.8 Å². The molecule has 4 atom stereocenters. The van der Waals surface area contributed by atoms with Gasteiger partial charge in [-0.15, -0.1) is 0 Å². The Labute approximate surface area is 204 Å². The van der Waals surface area contributed by atoms with Crippen LogP contribution in [-0.4, -0.2) is 70.8 Å². The molecule has 0 radical (unpaired) electrons. The van der Waals surface area contributed by atoms with Gasteiger partial charge in [0.25, 0.3) is 0 Å². The highest BCUT2D eigenvalue weighted by molar-refractivity contribution is 5.79. The zero-order valence-corrected chi connectivity index (χ0v) is 20.5. The molecule has 35 heavy (non-hydrogen) atoms. The van der Waals surface area contributed by atoms with Gasteiger partial charge in [0.1, 0.15) is 0 Å². The number of hydrogen-bond acceptors (Lipinski definition) is 9. The van der Waals surface area contributed by atoms with Gasteiger partial charge in [-0.1, -0.05) is 0 Å². The molecule has 0 aromatic heterocycles. The molecular weight excluding hydrogens is 452 g/mol. The number of cyclic esters (lactones) is 1. The van der Waals surface area contributed by atoms with E-state index in [0.29, 0.717) is 18.1 Å². The first kappa shape index (κ1) is 23.6. The number of nitrogens with zero attached hydrogens (tertiary/aromatic N) is 1. The standard InChI is InChI=1S/C26H32N2O7/c1-28(2)7-5-6-27-24-16-11-19-18(34-13-35-19)10-15(16)22(23-17(24)12-33-26(23)30)14-8-20(31-3)25(29)21(9-14)32-4/h8-11,17,22-24,27,29H,5-7,12-13H2,1-4H3/t17-,22?,23?,24+/m0/s1. The highest BCUT2D eigenvalue weighted by atomic mass is 16.7. The number of benzene rings is 2. The number of phenolic OH excluding ortho intramolecular Hbond substituents is 1. The summed E-state index contributed by atoms with van der Waals surface area (Å²) >= 11 is 0. The molecule has 2 unspecified atom stereocenters. The summed E-state index contributed by atoms with van der Waals surface area (Å²) in [5.74, 6) is 0.819. The Kier molecular flexibility index (Phi) is 6.37. The van der Waals surface area contributed by atoms with E-state index in [0.717, 1.165) is 36.2 Å². The van der Waals surface area contributed by atoms with Crippen molar-refractivity contribution in [1.29, 1.82) is 0 Å². The van der Waals surface area contributed by atoms with Crippen molar-refractivity contribution < 1.29 is 33.6 Å². The fourth-order valence-electron chi connectivity index (χ4n) is 5.57. The Bertz CT molecular complexity index is 1090. The van der Waals surface area contributed by atoms with Crippen molar-refractivity contribution in [2.45, 2.75) is 18.4 Å². The summed E-state index contributed by atoms with van der Waals surface area (Å²) in [6, 6.07) is 7.47. The molecule has 2 heterocycles. The van der Waals surface area contributed by atoms with Crippen molar-refractivity contribution in [3.8, 4) is 28.7 Å². The molecule has 9 nitrogen and oxygen atoms in total. The van der Waals surface area contributed by atoms with Crippen LogP contribution in [0.2, 0.25) is 0 Å². The molecule has 2 aromatic rings. The third-order valence-corrected chi connectivity index (χ3v) is 7.19. The van der Waals surface area contributed by atoms with E-state index in [4.69, 9.17) is 23.7 Å². The number of rotatable bonds is 8. The number of methoxy groups -OCH3 is 2. The number of aromatic hydroxyl groups is 1. The fourth-order valence-corrected chi connectivity index (χ4v) is 5.57. The summed E-state index contributed by atoms with van der Waals surface area (Å²) in [4.78, 5) is 15.3. The lowest BCUT2D eigenvalue weighted by Crippen LogP contribution is -2.41. The molecule has 0 amide bonds. The zero-order valence-electron chi connectivity index (χ0n) is 20.5. The molecule has 1 saturated heterocycles. The zero-order chi connectivity index (χ0) is 24.7. The molecule has 2 aromatic carbocycles. The number of hydrogen-bond donors (Lipinski definition) is 2. The molecule has 0 spiro atoms. The van der Waals surface area contributed by atoms with Crippen molar-refractivity contribution in [3.05, 3.63) is 41.0 Å².